The monoisotopic (exact) mass is 371 g/mol. The van der Waals surface area contributed by atoms with Crippen molar-refractivity contribution in [2.24, 2.45) is 4.99 Å². The van der Waals surface area contributed by atoms with Gasteiger partial charge in [-0.05, 0) is 29.8 Å². The number of phenolic OH excluding ortho intramolecular Hbond substituents is 2. The van der Waals surface area contributed by atoms with Gasteiger partial charge in [0, 0.05) is 10.1 Å². The molecule has 0 radical (unpaired) electrons. The van der Waals surface area contributed by atoms with Crippen LogP contribution in [0.25, 0.3) is 16.2 Å². The molecule has 0 aliphatic carbocycles. The van der Waals surface area contributed by atoms with E-state index in [1.165, 1.54) is 29.5 Å². The van der Waals surface area contributed by atoms with Gasteiger partial charge in [-0.15, -0.1) is 11.3 Å². The normalized spacial score (nSPS) is 15.6. The van der Waals surface area contributed by atoms with Crippen molar-refractivity contribution in [3.63, 3.8) is 0 Å². The van der Waals surface area contributed by atoms with Crippen LogP contribution < -0.4 is 0 Å². The number of aliphatic imine (C=N–C) groups is 1. The fourth-order valence-electron chi connectivity index (χ4n) is 2.45. The Labute approximate surface area is 151 Å². The van der Waals surface area contributed by atoms with Crippen LogP contribution >= 0.6 is 22.9 Å². The zero-order valence-electron chi connectivity index (χ0n) is 12.6. The predicted molar refractivity (Wildman–Crippen MR) is 97.2 cm³/mol. The molecule has 0 atom stereocenters. The summed E-state index contributed by atoms with van der Waals surface area (Å²) < 4.78 is 6.23. The van der Waals surface area contributed by atoms with E-state index in [1.54, 1.807) is 6.07 Å². The standard InChI is InChI=1S/C18H10ClNO4S/c19-15-10-3-1-2-4-14(10)25-16(15)17-20-11(18(23)24-17)7-9-5-6-12(21)13(22)8-9/h1-8,21-22H. The molecule has 0 saturated carbocycles. The van der Waals surface area contributed by atoms with Crippen LogP contribution in [0.4, 0.5) is 0 Å². The van der Waals surface area contributed by atoms with Crippen LogP contribution in [0.1, 0.15) is 10.4 Å². The van der Waals surface area contributed by atoms with Crippen LogP contribution in [-0.4, -0.2) is 22.1 Å². The first-order valence-corrected chi connectivity index (χ1v) is 8.44. The van der Waals surface area contributed by atoms with E-state index < -0.39 is 5.97 Å². The second kappa shape index (κ2) is 5.91. The topological polar surface area (TPSA) is 79.1 Å². The molecular weight excluding hydrogens is 362 g/mol. The van der Waals surface area contributed by atoms with E-state index in [2.05, 4.69) is 4.99 Å². The van der Waals surface area contributed by atoms with Crippen LogP contribution in [0, 0.1) is 0 Å². The Bertz CT molecular complexity index is 1080. The molecule has 1 aromatic heterocycles. The summed E-state index contributed by atoms with van der Waals surface area (Å²) in [6, 6.07) is 11.8. The van der Waals surface area contributed by atoms with E-state index in [0.717, 1.165) is 10.1 Å². The molecule has 25 heavy (non-hydrogen) atoms. The number of rotatable bonds is 2. The molecule has 0 fully saturated rings. The molecule has 1 aliphatic heterocycles. The van der Waals surface area contributed by atoms with Gasteiger partial charge in [0.05, 0.1) is 5.02 Å². The Morgan fingerprint density at radius 2 is 1.92 bits per heavy atom. The number of phenols is 2. The van der Waals surface area contributed by atoms with Crippen LogP contribution in [0.5, 0.6) is 11.5 Å². The van der Waals surface area contributed by atoms with Crippen molar-refractivity contribution in [1.29, 1.82) is 0 Å². The number of carbonyl (C=O) groups excluding carboxylic acids is 1. The summed E-state index contributed by atoms with van der Waals surface area (Å²) in [4.78, 5) is 16.9. The van der Waals surface area contributed by atoms with Crippen molar-refractivity contribution in [3.05, 3.63) is 63.6 Å². The lowest BCUT2D eigenvalue weighted by molar-refractivity contribution is -0.129. The number of esters is 1. The molecule has 5 nitrogen and oxygen atoms in total. The van der Waals surface area contributed by atoms with Crippen molar-refractivity contribution in [2.45, 2.75) is 0 Å². The third-order valence-electron chi connectivity index (χ3n) is 3.65. The van der Waals surface area contributed by atoms with Crippen molar-refractivity contribution in [1.82, 2.24) is 0 Å². The Balaban J connectivity index is 1.75. The first-order valence-electron chi connectivity index (χ1n) is 7.25. The summed E-state index contributed by atoms with van der Waals surface area (Å²) in [6.45, 7) is 0. The molecule has 1 aliphatic rings. The minimum atomic E-state index is -0.601. The molecule has 2 N–H and O–H groups in total. The van der Waals surface area contributed by atoms with Crippen molar-refractivity contribution in [3.8, 4) is 11.5 Å². The van der Waals surface area contributed by atoms with Crippen LogP contribution in [0.2, 0.25) is 5.02 Å². The molecule has 0 spiro atoms. The maximum atomic E-state index is 12.1. The zero-order valence-corrected chi connectivity index (χ0v) is 14.1. The van der Waals surface area contributed by atoms with E-state index in [1.807, 2.05) is 24.3 Å². The van der Waals surface area contributed by atoms with Gasteiger partial charge in [-0.1, -0.05) is 35.9 Å². The molecule has 3 aromatic rings. The molecule has 0 amide bonds. The summed E-state index contributed by atoms with van der Waals surface area (Å²) in [5.74, 6) is -0.962. The van der Waals surface area contributed by atoms with Crippen LogP contribution in [0.15, 0.2) is 53.2 Å². The smallest absolute Gasteiger partial charge is 0.363 e. The molecule has 0 bridgehead atoms. The van der Waals surface area contributed by atoms with Crippen LogP contribution in [0.3, 0.4) is 0 Å². The minimum Gasteiger partial charge on any atom is -0.504 e. The largest absolute Gasteiger partial charge is 0.504 e. The molecule has 7 heteroatoms. The Hall–Kier alpha value is -2.83. The Kier molecular flexibility index (Phi) is 3.71. The number of halogens is 1. The highest BCUT2D eigenvalue weighted by atomic mass is 35.5. The van der Waals surface area contributed by atoms with Gasteiger partial charge in [0.25, 0.3) is 0 Å². The van der Waals surface area contributed by atoms with Gasteiger partial charge in [-0.25, -0.2) is 9.79 Å². The third kappa shape index (κ3) is 2.75. The zero-order chi connectivity index (χ0) is 17.6. The molecule has 2 aromatic carbocycles. The Morgan fingerprint density at radius 1 is 1.12 bits per heavy atom. The van der Waals surface area contributed by atoms with Gasteiger partial charge in [0.15, 0.2) is 17.2 Å². The quantitative estimate of drug-likeness (QED) is 0.399. The molecule has 2 heterocycles. The first kappa shape index (κ1) is 15.7. The van der Waals surface area contributed by atoms with E-state index in [-0.39, 0.29) is 23.1 Å². The number of hydrogen-bond donors (Lipinski definition) is 2. The maximum Gasteiger partial charge on any atom is 0.363 e. The van der Waals surface area contributed by atoms with E-state index in [4.69, 9.17) is 16.3 Å². The molecule has 0 unspecified atom stereocenters. The lowest BCUT2D eigenvalue weighted by atomic mass is 10.1. The third-order valence-corrected chi connectivity index (χ3v) is 5.32. The van der Waals surface area contributed by atoms with Gasteiger partial charge >= 0.3 is 5.97 Å². The summed E-state index contributed by atoms with van der Waals surface area (Å²) >= 11 is 7.78. The van der Waals surface area contributed by atoms with Gasteiger partial charge in [0.1, 0.15) is 4.88 Å². The highest BCUT2D eigenvalue weighted by Crippen LogP contribution is 2.37. The average Bonchev–Trinajstić information content (AvgIpc) is 3.12. The van der Waals surface area contributed by atoms with Gasteiger partial charge in [0.2, 0.25) is 5.90 Å². The summed E-state index contributed by atoms with van der Waals surface area (Å²) in [5.41, 5.74) is 0.600. The van der Waals surface area contributed by atoms with Crippen molar-refractivity contribution >= 4 is 51.0 Å². The highest BCUT2D eigenvalue weighted by Gasteiger charge is 2.27. The lowest BCUT2D eigenvalue weighted by Crippen LogP contribution is -2.04. The van der Waals surface area contributed by atoms with E-state index >= 15 is 0 Å². The number of nitrogens with zero attached hydrogens (tertiary/aromatic N) is 1. The molecule has 0 saturated heterocycles. The van der Waals surface area contributed by atoms with E-state index in [0.29, 0.717) is 15.5 Å². The number of aromatic hydroxyl groups is 2. The lowest BCUT2D eigenvalue weighted by Gasteiger charge is -1.98. The van der Waals surface area contributed by atoms with Crippen molar-refractivity contribution < 1.29 is 19.7 Å². The number of fused-ring (bicyclic) bond motifs is 1. The molecule has 4 rings (SSSR count). The fraction of sp³-hybridized carbons (Fsp3) is 0. The second-order valence-corrected chi connectivity index (χ2v) is 6.76. The number of ether oxygens (including phenoxy) is 1. The number of cyclic esters (lactones) is 1. The van der Waals surface area contributed by atoms with Gasteiger partial charge in [-0.3, -0.25) is 0 Å². The summed E-state index contributed by atoms with van der Waals surface area (Å²) in [7, 11) is 0. The van der Waals surface area contributed by atoms with Crippen molar-refractivity contribution in [2.75, 3.05) is 0 Å². The number of hydrogen-bond acceptors (Lipinski definition) is 6. The highest BCUT2D eigenvalue weighted by molar-refractivity contribution is 7.21. The van der Waals surface area contributed by atoms with Gasteiger partial charge < -0.3 is 14.9 Å². The predicted octanol–water partition coefficient (Wildman–Crippen LogP) is 4.31. The fourth-order valence-corrected chi connectivity index (χ4v) is 3.88. The second-order valence-electron chi connectivity index (χ2n) is 5.33. The summed E-state index contributed by atoms with van der Waals surface area (Å²) in [5, 5.41) is 20.3. The van der Waals surface area contributed by atoms with Crippen LogP contribution in [-0.2, 0) is 9.53 Å². The minimum absolute atomic E-state index is 0.0913. The van der Waals surface area contributed by atoms with E-state index in [9.17, 15) is 15.0 Å². The maximum absolute atomic E-state index is 12.1. The van der Waals surface area contributed by atoms with Gasteiger partial charge in [-0.2, -0.15) is 0 Å². The molecule has 124 valence electrons. The number of thiophene rings is 1. The molecular formula is C18H10ClNO4S. The average molecular weight is 372 g/mol. The summed E-state index contributed by atoms with van der Waals surface area (Å²) in [6.07, 6.45) is 1.47. The first-order chi connectivity index (χ1) is 12.0. The SMILES string of the molecule is O=C1OC(c2sc3ccccc3c2Cl)=NC1=Cc1ccc(O)c(O)c1. The Morgan fingerprint density at radius 3 is 2.68 bits per heavy atom. The number of carbonyl (C=O) groups is 1. The number of benzene rings is 2.